The molecule has 2 aromatic rings. The second kappa shape index (κ2) is 6.72. The Balaban J connectivity index is 2.39. The number of nitrogen functional groups attached to an aromatic ring is 1. The Bertz CT molecular complexity index is 617. The third-order valence-electron chi connectivity index (χ3n) is 2.67. The lowest BCUT2D eigenvalue weighted by molar-refractivity contribution is 0.180. The lowest BCUT2D eigenvalue weighted by Gasteiger charge is -2.10. The fourth-order valence-corrected chi connectivity index (χ4v) is 2.56. The van der Waals surface area contributed by atoms with Crippen LogP contribution in [0.3, 0.4) is 0 Å². The van der Waals surface area contributed by atoms with Crippen LogP contribution in [0.5, 0.6) is 0 Å². The standard InChI is InChI=1S/C13H12BrCl2N3O/c1-20-6-10-12(14)13(17)19-11(18-10)5-7-8(15)3-2-4-9(7)16/h2-4H,5-6H2,1H3,(H2,17,18,19). The van der Waals surface area contributed by atoms with Crippen LogP contribution in [0.1, 0.15) is 17.1 Å². The van der Waals surface area contributed by atoms with Crippen molar-refractivity contribution in [3.8, 4) is 0 Å². The Morgan fingerprint density at radius 2 is 1.90 bits per heavy atom. The second-order valence-corrected chi connectivity index (χ2v) is 5.70. The molecule has 20 heavy (non-hydrogen) atoms. The van der Waals surface area contributed by atoms with E-state index >= 15 is 0 Å². The molecule has 2 N–H and O–H groups in total. The molecule has 0 aliphatic carbocycles. The van der Waals surface area contributed by atoms with Crippen LogP contribution in [0.15, 0.2) is 22.7 Å². The van der Waals surface area contributed by atoms with Gasteiger partial charge >= 0.3 is 0 Å². The quantitative estimate of drug-likeness (QED) is 0.879. The summed E-state index contributed by atoms with van der Waals surface area (Å²) in [6.07, 6.45) is 0.409. The molecule has 2 rings (SSSR count). The van der Waals surface area contributed by atoms with E-state index in [1.807, 2.05) is 0 Å². The first-order valence-electron chi connectivity index (χ1n) is 5.75. The molecule has 0 amide bonds. The molecule has 0 radical (unpaired) electrons. The summed E-state index contributed by atoms with van der Waals surface area (Å²) >= 11 is 15.6. The van der Waals surface area contributed by atoms with Crippen molar-refractivity contribution in [2.24, 2.45) is 0 Å². The van der Waals surface area contributed by atoms with E-state index in [1.54, 1.807) is 25.3 Å². The Morgan fingerprint density at radius 3 is 2.50 bits per heavy atom. The van der Waals surface area contributed by atoms with Gasteiger partial charge < -0.3 is 10.5 Å². The maximum absolute atomic E-state index is 6.15. The summed E-state index contributed by atoms with van der Waals surface area (Å²) in [6.45, 7) is 0.344. The summed E-state index contributed by atoms with van der Waals surface area (Å²) in [4.78, 5) is 8.66. The van der Waals surface area contributed by atoms with Crippen LogP contribution in [-0.4, -0.2) is 17.1 Å². The van der Waals surface area contributed by atoms with E-state index < -0.39 is 0 Å². The Morgan fingerprint density at radius 1 is 1.25 bits per heavy atom. The lowest BCUT2D eigenvalue weighted by Crippen LogP contribution is -2.07. The van der Waals surface area contributed by atoms with Crippen LogP contribution in [-0.2, 0) is 17.8 Å². The third-order valence-corrected chi connectivity index (χ3v) is 4.24. The first-order chi connectivity index (χ1) is 9.52. The molecule has 0 unspecified atom stereocenters. The van der Waals surface area contributed by atoms with E-state index in [9.17, 15) is 0 Å². The molecule has 0 bridgehead atoms. The van der Waals surface area contributed by atoms with Crippen molar-refractivity contribution in [3.05, 3.63) is 49.8 Å². The van der Waals surface area contributed by atoms with Crippen LogP contribution in [0, 0.1) is 0 Å². The van der Waals surface area contributed by atoms with E-state index in [2.05, 4.69) is 25.9 Å². The van der Waals surface area contributed by atoms with E-state index in [0.29, 0.717) is 44.9 Å². The molecular weight excluding hydrogens is 365 g/mol. The highest BCUT2D eigenvalue weighted by atomic mass is 79.9. The lowest BCUT2D eigenvalue weighted by atomic mass is 10.1. The maximum Gasteiger partial charge on any atom is 0.141 e. The van der Waals surface area contributed by atoms with Gasteiger partial charge in [-0.15, -0.1) is 0 Å². The first kappa shape index (κ1) is 15.5. The Kier molecular flexibility index (Phi) is 5.21. The van der Waals surface area contributed by atoms with Gasteiger partial charge in [-0.05, 0) is 33.6 Å². The summed E-state index contributed by atoms with van der Waals surface area (Å²) in [6, 6.07) is 5.35. The highest BCUT2D eigenvalue weighted by Crippen LogP contribution is 2.28. The van der Waals surface area contributed by atoms with Crippen LogP contribution in [0.2, 0.25) is 10.0 Å². The second-order valence-electron chi connectivity index (χ2n) is 4.10. The molecule has 106 valence electrons. The first-order valence-corrected chi connectivity index (χ1v) is 7.30. The van der Waals surface area contributed by atoms with Crippen LogP contribution in [0.4, 0.5) is 5.82 Å². The van der Waals surface area contributed by atoms with Gasteiger partial charge in [-0.25, -0.2) is 9.97 Å². The van der Waals surface area contributed by atoms with Gasteiger partial charge in [0.1, 0.15) is 11.6 Å². The van der Waals surface area contributed by atoms with Crippen LogP contribution >= 0.6 is 39.1 Å². The van der Waals surface area contributed by atoms with Crippen molar-refractivity contribution in [3.63, 3.8) is 0 Å². The van der Waals surface area contributed by atoms with Crippen molar-refractivity contribution >= 4 is 44.9 Å². The zero-order chi connectivity index (χ0) is 14.7. The molecule has 0 aliphatic heterocycles. The number of benzene rings is 1. The van der Waals surface area contributed by atoms with E-state index in [4.69, 9.17) is 33.7 Å². The van der Waals surface area contributed by atoms with Gasteiger partial charge in [0.2, 0.25) is 0 Å². The van der Waals surface area contributed by atoms with Crippen molar-refractivity contribution in [1.82, 2.24) is 9.97 Å². The fraction of sp³-hybridized carbons (Fsp3) is 0.231. The smallest absolute Gasteiger partial charge is 0.141 e. The summed E-state index contributed by atoms with van der Waals surface area (Å²) in [5.74, 6) is 0.915. The summed E-state index contributed by atoms with van der Waals surface area (Å²) in [7, 11) is 1.59. The highest BCUT2D eigenvalue weighted by Gasteiger charge is 2.13. The van der Waals surface area contributed by atoms with Gasteiger partial charge in [0.15, 0.2) is 0 Å². The number of rotatable bonds is 4. The number of anilines is 1. The largest absolute Gasteiger partial charge is 0.383 e. The summed E-state index contributed by atoms with van der Waals surface area (Å²) < 4.78 is 5.74. The fourth-order valence-electron chi connectivity index (χ4n) is 1.74. The molecule has 0 atom stereocenters. The van der Waals surface area contributed by atoms with Gasteiger partial charge in [0.25, 0.3) is 0 Å². The van der Waals surface area contributed by atoms with Crippen molar-refractivity contribution in [1.29, 1.82) is 0 Å². The number of ether oxygens (including phenoxy) is 1. The normalized spacial score (nSPS) is 10.8. The molecular formula is C13H12BrCl2N3O. The average molecular weight is 377 g/mol. The minimum atomic E-state index is 0.344. The monoisotopic (exact) mass is 375 g/mol. The molecule has 1 aromatic heterocycles. The molecule has 4 nitrogen and oxygen atoms in total. The highest BCUT2D eigenvalue weighted by molar-refractivity contribution is 9.10. The Hall–Kier alpha value is -0.880. The van der Waals surface area contributed by atoms with Gasteiger partial charge in [-0.3, -0.25) is 0 Å². The molecule has 0 fully saturated rings. The number of hydrogen-bond donors (Lipinski definition) is 1. The average Bonchev–Trinajstić information content (AvgIpc) is 2.40. The van der Waals surface area contributed by atoms with Gasteiger partial charge in [0.05, 0.1) is 16.8 Å². The van der Waals surface area contributed by atoms with E-state index in [-0.39, 0.29) is 0 Å². The number of hydrogen-bond acceptors (Lipinski definition) is 4. The molecule has 0 spiro atoms. The van der Waals surface area contributed by atoms with Crippen molar-refractivity contribution < 1.29 is 4.74 Å². The molecule has 0 aliphatic rings. The van der Waals surface area contributed by atoms with Gasteiger partial charge in [-0.1, -0.05) is 29.3 Å². The number of aromatic nitrogens is 2. The van der Waals surface area contributed by atoms with Gasteiger partial charge in [-0.2, -0.15) is 0 Å². The molecule has 1 aromatic carbocycles. The number of halogens is 3. The predicted molar refractivity (Wildman–Crippen MR) is 84.1 cm³/mol. The minimum Gasteiger partial charge on any atom is -0.383 e. The Labute approximate surface area is 135 Å². The third kappa shape index (κ3) is 3.41. The summed E-state index contributed by atoms with van der Waals surface area (Å²) in [5.41, 5.74) is 7.33. The zero-order valence-electron chi connectivity index (χ0n) is 10.7. The van der Waals surface area contributed by atoms with Crippen molar-refractivity contribution in [2.45, 2.75) is 13.0 Å². The molecule has 7 heteroatoms. The SMILES string of the molecule is COCc1nc(Cc2c(Cl)cccc2Cl)nc(N)c1Br. The zero-order valence-corrected chi connectivity index (χ0v) is 13.8. The topological polar surface area (TPSA) is 61.0 Å². The summed E-state index contributed by atoms with van der Waals surface area (Å²) in [5, 5.41) is 1.16. The number of nitrogens with two attached hydrogens (primary N) is 1. The maximum atomic E-state index is 6.15. The molecule has 0 saturated carbocycles. The van der Waals surface area contributed by atoms with Crippen molar-refractivity contribution in [2.75, 3.05) is 12.8 Å². The minimum absolute atomic E-state index is 0.344. The number of nitrogens with zero attached hydrogens (tertiary/aromatic N) is 2. The van der Waals surface area contributed by atoms with E-state index in [0.717, 1.165) is 5.56 Å². The predicted octanol–water partition coefficient (Wildman–Crippen LogP) is 3.87. The van der Waals surface area contributed by atoms with E-state index in [1.165, 1.54) is 0 Å². The molecule has 1 heterocycles. The van der Waals surface area contributed by atoms with Crippen LogP contribution in [0.25, 0.3) is 0 Å². The number of methoxy groups -OCH3 is 1. The molecule has 0 saturated heterocycles. The van der Waals surface area contributed by atoms with Crippen LogP contribution < -0.4 is 5.73 Å². The van der Waals surface area contributed by atoms with Gasteiger partial charge in [0, 0.05) is 23.6 Å².